The van der Waals surface area contributed by atoms with E-state index < -0.39 is 10.0 Å². The Balaban J connectivity index is 1.94. The van der Waals surface area contributed by atoms with Crippen molar-refractivity contribution >= 4 is 32.4 Å². The van der Waals surface area contributed by atoms with Crippen molar-refractivity contribution in [2.24, 2.45) is 4.99 Å². The van der Waals surface area contributed by atoms with Crippen LogP contribution in [0.1, 0.15) is 18.1 Å². The fraction of sp³-hybridized carbons (Fsp3) is 0.118. The molecule has 0 bridgehead atoms. The minimum atomic E-state index is -3.57. The van der Waals surface area contributed by atoms with E-state index in [-0.39, 0.29) is 4.91 Å². The van der Waals surface area contributed by atoms with Crippen LogP contribution in [0.25, 0.3) is 4.91 Å². The third kappa shape index (κ3) is 3.30. The van der Waals surface area contributed by atoms with Crippen LogP contribution in [0.15, 0.2) is 65.2 Å². The number of hydrogen-bond donors (Lipinski definition) is 1. The highest BCUT2D eigenvalue weighted by molar-refractivity contribution is 8.00. The monoisotopic (exact) mass is 346 g/mol. The minimum absolute atomic E-state index is 0.285. The maximum Gasteiger partial charge on any atom is 0.264 e. The zero-order valence-corrected chi connectivity index (χ0v) is 14.0. The predicted octanol–water partition coefficient (Wildman–Crippen LogP) is 3.60. The molecule has 1 heterocycles. The number of hydrogen-bond acceptors (Lipinski definition) is 3. The van der Waals surface area contributed by atoms with Crippen LogP contribution in [0.5, 0.6) is 0 Å². The van der Waals surface area contributed by atoms with Crippen LogP contribution in [0.4, 0.5) is 0 Å². The molecule has 0 saturated heterocycles. The second-order valence-electron chi connectivity index (χ2n) is 5.22. The number of halogens is 1. The molecule has 0 spiro atoms. The molecule has 2 aromatic rings. The molecule has 118 valence electrons. The molecule has 0 radical (unpaired) electrons. The topological polar surface area (TPSA) is 58.5 Å². The van der Waals surface area contributed by atoms with Gasteiger partial charge in [-0.3, -0.25) is 9.71 Å². The summed E-state index contributed by atoms with van der Waals surface area (Å²) in [5.74, 6) is 0.388. The molecule has 0 amide bonds. The first-order chi connectivity index (χ1) is 11.0. The van der Waals surface area contributed by atoms with Gasteiger partial charge in [0.1, 0.15) is 10.7 Å². The number of nitrogens with one attached hydrogen (secondary N) is 1. The zero-order valence-electron chi connectivity index (χ0n) is 12.5. The Morgan fingerprint density at radius 2 is 1.70 bits per heavy atom. The first-order valence-corrected chi connectivity index (χ1v) is 8.92. The summed E-state index contributed by atoms with van der Waals surface area (Å²) in [6.07, 6.45) is 0. The SMILES string of the molecule is CC1=C(c2ccccc2)S(=O)(=O)NC1=NCc1ccc(Cl)cc1. The van der Waals surface area contributed by atoms with E-state index in [4.69, 9.17) is 11.6 Å². The average molecular weight is 347 g/mol. The van der Waals surface area contributed by atoms with Crippen LogP contribution in [0.3, 0.4) is 0 Å². The van der Waals surface area contributed by atoms with Crippen molar-refractivity contribution in [3.05, 3.63) is 76.3 Å². The molecule has 1 N–H and O–H groups in total. The van der Waals surface area contributed by atoms with Crippen molar-refractivity contribution in [3.8, 4) is 0 Å². The lowest BCUT2D eigenvalue weighted by molar-refractivity contribution is 0.603. The highest BCUT2D eigenvalue weighted by atomic mass is 35.5. The summed E-state index contributed by atoms with van der Waals surface area (Å²) in [4.78, 5) is 4.69. The van der Waals surface area contributed by atoms with Crippen molar-refractivity contribution in [1.29, 1.82) is 0 Å². The summed E-state index contributed by atoms with van der Waals surface area (Å²) < 4.78 is 27.3. The van der Waals surface area contributed by atoms with E-state index in [1.165, 1.54) is 0 Å². The second kappa shape index (κ2) is 6.18. The number of nitrogens with zero attached hydrogens (tertiary/aromatic N) is 1. The van der Waals surface area contributed by atoms with E-state index in [0.717, 1.165) is 5.56 Å². The Hall–Kier alpha value is -2.11. The largest absolute Gasteiger partial charge is 0.264 e. The third-order valence-corrected chi connectivity index (χ3v) is 5.36. The van der Waals surface area contributed by atoms with Gasteiger partial charge in [-0.05, 0) is 30.2 Å². The molecule has 1 aliphatic rings. The molecular formula is C17H15ClN2O2S. The van der Waals surface area contributed by atoms with Crippen LogP contribution in [-0.2, 0) is 16.6 Å². The predicted molar refractivity (Wildman–Crippen MR) is 93.7 cm³/mol. The number of rotatable bonds is 3. The van der Waals surface area contributed by atoms with E-state index in [9.17, 15) is 8.42 Å². The normalized spacial score (nSPS) is 18.3. The highest BCUT2D eigenvalue weighted by Gasteiger charge is 2.32. The lowest BCUT2D eigenvalue weighted by Gasteiger charge is -2.02. The van der Waals surface area contributed by atoms with E-state index in [1.807, 2.05) is 30.3 Å². The van der Waals surface area contributed by atoms with Gasteiger partial charge < -0.3 is 0 Å². The fourth-order valence-corrected chi connectivity index (χ4v) is 4.08. The van der Waals surface area contributed by atoms with Crippen LogP contribution in [0, 0.1) is 0 Å². The molecule has 0 atom stereocenters. The number of amidine groups is 1. The smallest absolute Gasteiger partial charge is 0.263 e. The van der Waals surface area contributed by atoms with Crippen molar-refractivity contribution < 1.29 is 8.42 Å². The van der Waals surface area contributed by atoms with Gasteiger partial charge in [0.25, 0.3) is 10.0 Å². The van der Waals surface area contributed by atoms with Gasteiger partial charge in [-0.15, -0.1) is 0 Å². The van der Waals surface area contributed by atoms with Crippen molar-refractivity contribution in [1.82, 2.24) is 4.72 Å². The zero-order chi connectivity index (χ0) is 16.4. The Bertz CT molecular complexity index is 886. The van der Waals surface area contributed by atoms with Crippen molar-refractivity contribution in [2.45, 2.75) is 13.5 Å². The highest BCUT2D eigenvalue weighted by Crippen LogP contribution is 2.29. The van der Waals surface area contributed by atoms with E-state index in [2.05, 4.69) is 9.71 Å². The number of sulfonamides is 1. The average Bonchev–Trinajstić information content (AvgIpc) is 2.76. The Labute approximate surface area is 140 Å². The van der Waals surface area contributed by atoms with Gasteiger partial charge in [-0.1, -0.05) is 54.1 Å². The molecule has 0 saturated carbocycles. The summed E-state index contributed by atoms with van der Waals surface area (Å²) >= 11 is 5.85. The first kappa shape index (κ1) is 15.8. The molecule has 0 aromatic heterocycles. The van der Waals surface area contributed by atoms with E-state index >= 15 is 0 Å². The van der Waals surface area contributed by atoms with Gasteiger partial charge in [-0.25, -0.2) is 8.42 Å². The molecule has 0 unspecified atom stereocenters. The lowest BCUT2D eigenvalue weighted by atomic mass is 10.1. The summed E-state index contributed by atoms with van der Waals surface area (Å²) in [6, 6.07) is 16.3. The molecule has 1 aliphatic heterocycles. The fourth-order valence-electron chi connectivity index (χ4n) is 2.44. The van der Waals surface area contributed by atoms with Gasteiger partial charge in [0.2, 0.25) is 0 Å². The molecule has 2 aromatic carbocycles. The maximum absolute atomic E-state index is 12.4. The number of aliphatic imine (C=N–C) groups is 1. The van der Waals surface area contributed by atoms with Crippen LogP contribution < -0.4 is 4.72 Å². The summed E-state index contributed by atoms with van der Waals surface area (Å²) in [5.41, 5.74) is 2.25. The standard InChI is InChI=1S/C17H15ClN2O2S/c1-12-16(14-5-3-2-4-6-14)23(21,22)20-17(12)19-11-13-7-9-15(18)10-8-13/h2-10H,11H2,1H3,(H,19,20). The van der Waals surface area contributed by atoms with Crippen LogP contribution in [0.2, 0.25) is 5.02 Å². The summed E-state index contributed by atoms with van der Waals surface area (Å²) in [5, 5.41) is 0.658. The van der Waals surface area contributed by atoms with Crippen LogP contribution in [-0.4, -0.2) is 14.3 Å². The molecule has 4 nitrogen and oxygen atoms in total. The minimum Gasteiger partial charge on any atom is -0.263 e. The van der Waals surface area contributed by atoms with Gasteiger partial charge in [0.15, 0.2) is 0 Å². The summed E-state index contributed by atoms with van der Waals surface area (Å²) in [6.45, 7) is 2.15. The van der Waals surface area contributed by atoms with Crippen LogP contribution >= 0.6 is 11.6 Å². The molecule has 6 heteroatoms. The van der Waals surface area contributed by atoms with Crippen molar-refractivity contribution in [2.75, 3.05) is 0 Å². The molecule has 23 heavy (non-hydrogen) atoms. The van der Waals surface area contributed by atoms with Gasteiger partial charge in [-0.2, -0.15) is 0 Å². The molecule has 0 fully saturated rings. The first-order valence-electron chi connectivity index (χ1n) is 7.06. The van der Waals surface area contributed by atoms with Gasteiger partial charge in [0, 0.05) is 10.6 Å². The molecule has 3 rings (SSSR count). The van der Waals surface area contributed by atoms with E-state index in [0.29, 0.717) is 28.5 Å². The quantitative estimate of drug-likeness (QED) is 0.923. The maximum atomic E-state index is 12.4. The Morgan fingerprint density at radius 1 is 1.04 bits per heavy atom. The molecule has 0 aliphatic carbocycles. The summed E-state index contributed by atoms with van der Waals surface area (Å²) in [7, 11) is -3.57. The lowest BCUT2D eigenvalue weighted by Crippen LogP contribution is -2.23. The third-order valence-electron chi connectivity index (χ3n) is 3.56. The van der Waals surface area contributed by atoms with E-state index in [1.54, 1.807) is 31.2 Å². The second-order valence-corrected chi connectivity index (χ2v) is 7.27. The van der Waals surface area contributed by atoms with Crippen molar-refractivity contribution in [3.63, 3.8) is 0 Å². The number of benzene rings is 2. The Morgan fingerprint density at radius 3 is 2.35 bits per heavy atom. The van der Waals surface area contributed by atoms with Gasteiger partial charge in [0.05, 0.1) is 6.54 Å². The van der Waals surface area contributed by atoms with Gasteiger partial charge >= 0.3 is 0 Å². The molecular weight excluding hydrogens is 332 g/mol. The Kier molecular flexibility index (Phi) is 4.24.